The molecule has 2 nitrogen and oxygen atoms in total. The van der Waals surface area contributed by atoms with Crippen molar-refractivity contribution in [3.05, 3.63) is 28.3 Å². The molecule has 0 N–H and O–H groups in total. The molecular weight excluding hydrogens is 176 g/mol. The Morgan fingerprint density at radius 1 is 1.50 bits per heavy atom. The molecule has 0 saturated heterocycles. The first kappa shape index (κ1) is 7.62. The van der Waals surface area contributed by atoms with Gasteiger partial charge in [-0.05, 0) is 24.6 Å². The third-order valence-corrected chi connectivity index (χ3v) is 2.12. The van der Waals surface area contributed by atoms with Crippen LogP contribution in [0.2, 0.25) is 5.02 Å². The van der Waals surface area contributed by atoms with Gasteiger partial charge < -0.3 is 4.74 Å². The van der Waals surface area contributed by atoms with Gasteiger partial charge in [-0.3, -0.25) is 4.79 Å². The van der Waals surface area contributed by atoms with Gasteiger partial charge in [-0.2, -0.15) is 0 Å². The molecule has 0 saturated carbocycles. The minimum Gasteiger partial charge on any atom is -0.483 e. The summed E-state index contributed by atoms with van der Waals surface area (Å²) < 4.78 is 5.12. The topological polar surface area (TPSA) is 26.3 Å². The first-order chi connectivity index (χ1) is 5.68. The Labute approximate surface area is 75.1 Å². The summed E-state index contributed by atoms with van der Waals surface area (Å²) in [5.41, 5.74) is 1.60. The van der Waals surface area contributed by atoms with Gasteiger partial charge in [0.25, 0.3) is 0 Å². The van der Waals surface area contributed by atoms with E-state index in [-0.39, 0.29) is 12.4 Å². The number of carbonyl (C=O) groups is 1. The van der Waals surface area contributed by atoms with Gasteiger partial charge in [-0.15, -0.1) is 0 Å². The van der Waals surface area contributed by atoms with E-state index < -0.39 is 0 Å². The Bertz CT molecular complexity index is 358. The van der Waals surface area contributed by atoms with Crippen LogP contribution in [-0.2, 0) is 0 Å². The SMILES string of the molecule is Cc1cc(Cl)c2c(c1)C(=O)CO2. The van der Waals surface area contributed by atoms with Crippen LogP contribution in [0, 0.1) is 6.92 Å². The summed E-state index contributed by atoms with van der Waals surface area (Å²) in [6.07, 6.45) is 0. The molecule has 1 aromatic carbocycles. The quantitative estimate of drug-likeness (QED) is 0.615. The van der Waals surface area contributed by atoms with Crippen molar-refractivity contribution in [1.82, 2.24) is 0 Å². The lowest BCUT2D eigenvalue weighted by Gasteiger charge is -2.00. The number of benzene rings is 1. The first-order valence-electron chi connectivity index (χ1n) is 3.64. The van der Waals surface area contributed by atoms with Crippen molar-refractivity contribution in [1.29, 1.82) is 0 Å². The van der Waals surface area contributed by atoms with E-state index in [0.29, 0.717) is 16.3 Å². The zero-order valence-electron chi connectivity index (χ0n) is 6.56. The molecule has 0 aliphatic carbocycles. The monoisotopic (exact) mass is 182 g/mol. The lowest BCUT2D eigenvalue weighted by molar-refractivity contribution is 0.0961. The molecular formula is C9H7ClO2. The summed E-state index contributed by atoms with van der Waals surface area (Å²) in [6, 6.07) is 3.59. The highest BCUT2D eigenvalue weighted by atomic mass is 35.5. The van der Waals surface area contributed by atoms with Crippen molar-refractivity contribution in [2.24, 2.45) is 0 Å². The van der Waals surface area contributed by atoms with Crippen LogP contribution in [0.4, 0.5) is 0 Å². The van der Waals surface area contributed by atoms with E-state index in [0.717, 1.165) is 5.56 Å². The number of fused-ring (bicyclic) bond motifs is 1. The Hall–Kier alpha value is -1.02. The highest BCUT2D eigenvalue weighted by Crippen LogP contribution is 2.34. The molecule has 0 aromatic heterocycles. The lowest BCUT2D eigenvalue weighted by atomic mass is 10.1. The summed E-state index contributed by atoms with van der Waals surface area (Å²) in [5.74, 6) is 0.544. The predicted octanol–water partition coefficient (Wildman–Crippen LogP) is 2.22. The van der Waals surface area contributed by atoms with Crippen molar-refractivity contribution >= 4 is 17.4 Å². The van der Waals surface area contributed by atoms with E-state index in [2.05, 4.69) is 0 Å². The number of Topliss-reactive ketones (excluding diaryl/α,β-unsaturated/α-hetero) is 1. The maximum absolute atomic E-state index is 11.2. The fourth-order valence-electron chi connectivity index (χ4n) is 1.30. The molecule has 0 fully saturated rings. The van der Waals surface area contributed by atoms with Gasteiger partial charge in [0.05, 0.1) is 10.6 Å². The van der Waals surface area contributed by atoms with Crippen LogP contribution < -0.4 is 4.74 Å². The van der Waals surface area contributed by atoms with E-state index in [9.17, 15) is 4.79 Å². The molecule has 12 heavy (non-hydrogen) atoms. The summed E-state index contributed by atoms with van der Waals surface area (Å²) >= 11 is 5.86. The number of carbonyl (C=O) groups excluding carboxylic acids is 1. The van der Waals surface area contributed by atoms with Crippen LogP contribution in [0.5, 0.6) is 5.75 Å². The van der Waals surface area contributed by atoms with Gasteiger partial charge in [0.15, 0.2) is 6.61 Å². The molecule has 1 heterocycles. The number of halogens is 1. The average molecular weight is 183 g/mol. The van der Waals surface area contributed by atoms with Crippen LogP contribution >= 0.6 is 11.6 Å². The Morgan fingerprint density at radius 2 is 2.25 bits per heavy atom. The third-order valence-electron chi connectivity index (χ3n) is 1.84. The largest absolute Gasteiger partial charge is 0.483 e. The molecule has 3 heteroatoms. The Kier molecular flexibility index (Phi) is 1.58. The molecule has 62 valence electrons. The smallest absolute Gasteiger partial charge is 0.203 e. The second-order valence-electron chi connectivity index (χ2n) is 2.84. The molecule has 0 unspecified atom stereocenters. The number of ketones is 1. The van der Waals surface area contributed by atoms with E-state index >= 15 is 0 Å². The highest BCUT2D eigenvalue weighted by Gasteiger charge is 2.23. The number of hydrogen-bond acceptors (Lipinski definition) is 2. The second-order valence-corrected chi connectivity index (χ2v) is 3.24. The van der Waals surface area contributed by atoms with Gasteiger partial charge >= 0.3 is 0 Å². The Morgan fingerprint density at radius 3 is 3.00 bits per heavy atom. The van der Waals surface area contributed by atoms with Crippen molar-refractivity contribution in [2.45, 2.75) is 6.92 Å². The zero-order valence-corrected chi connectivity index (χ0v) is 7.31. The predicted molar refractivity (Wildman–Crippen MR) is 46.0 cm³/mol. The maximum Gasteiger partial charge on any atom is 0.203 e. The molecule has 0 bridgehead atoms. The van der Waals surface area contributed by atoms with Gasteiger partial charge in [0, 0.05) is 0 Å². The molecule has 0 atom stereocenters. The summed E-state index contributed by atoms with van der Waals surface area (Å²) in [7, 11) is 0. The summed E-state index contributed by atoms with van der Waals surface area (Å²) in [5, 5.41) is 0.524. The minimum absolute atomic E-state index is 0.00981. The van der Waals surface area contributed by atoms with Crippen LogP contribution in [0.25, 0.3) is 0 Å². The van der Waals surface area contributed by atoms with Gasteiger partial charge in [-0.25, -0.2) is 0 Å². The fourth-order valence-corrected chi connectivity index (χ4v) is 1.63. The van der Waals surface area contributed by atoms with E-state index in [1.54, 1.807) is 12.1 Å². The van der Waals surface area contributed by atoms with Gasteiger partial charge in [0.2, 0.25) is 5.78 Å². The number of ether oxygens (including phenoxy) is 1. The molecule has 1 aliphatic rings. The molecule has 1 aromatic rings. The van der Waals surface area contributed by atoms with Crippen molar-refractivity contribution in [3.8, 4) is 5.75 Å². The highest BCUT2D eigenvalue weighted by molar-refractivity contribution is 6.33. The molecule has 2 rings (SSSR count). The fraction of sp³-hybridized carbons (Fsp3) is 0.222. The van der Waals surface area contributed by atoms with Crippen LogP contribution in [0.3, 0.4) is 0 Å². The standard InChI is InChI=1S/C9H7ClO2/c1-5-2-6-8(11)4-12-9(6)7(10)3-5/h2-3H,4H2,1H3. The van der Waals surface area contributed by atoms with Gasteiger partial charge in [-0.1, -0.05) is 11.6 Å². The normalized spacial score (nSPS) is 14.3. The van der Waals surface area contributed by atoms with Crippen LogP contribution in [0.15, 0.2) is 12.1 Å². The maximum atomic E-state index is 11.2. The minimum atomic E-state index is 0.00981. The second kappa shape index (κ2) is 2.49. The van der Waals surface area contributed by atoms with Crippen LogP contribution in [-0.4, -0.2) is 12.4 Å². The van der Waals surface area contributed by atoms with Crippen LogP contribution in [0.1, 0.15) is 15.9 Å². The average Bonchev–Trinajstić information content (AvgIpc) is 2.33. The lowest BCUT2D eigenvalue weighted by Crippen LogP contribution is -1.98. The molecule has 0 spiro atoms. The molecule has 0 amide bonds. The van der Waals surface area contributed by atoms with Crippen molar-refractivity contribution in [2.75, 3.05) is 6.61 Å². The van der Waals surface area contributed by atoms with E-state index in [1.807, 2.05) is 6.92 Å². The van der Waals surface area contributed by atoms with Crippen molar-refractivity contribution in [3.63, 3.8) is 0 Å². The molecule has 1 aliphatic heterocycles. The van der Waals surface area contributed by atoms with E-state index in [1.165, 1.54) is 0 Å². The zero-order chi connectivity index (χ0) is 8.72. The van der Waals surface area contributed by atoms with E-state index in [4.69, 9.17) is 16.3 Å². The summed E-state index contributed by atoms with van der Waals surface area (Å²) in [4.78, 5) is 11.2. The first-order valence-corrected chi connectivity index (χ1v) is 4.02. The van der Waals surface area contributed by atoms with Crippen molar-refractivity contribution < 1.29 is 9.53 Å². The number of aryl methyl sites for hydroxylation is 1. The molecule has 0 radical (unpaired) electrons. The Balaban J connectivity index is 2.68. The number of hydrogen-bond donors (Lipinski definition) is 0. The summed E-state index contributed by atoms with van der Waals surface area (Å²) in [6.45, 7) is 2.02. The number of rotatable bonds is 0. The van der Waals surface area contributed by atoms with Gasteiger partial charge in [0.1, 0.15) is 5.75 Å². The third kappa shape index (κ3) is 0.994.